The lowest BCUT2D eigenvalue weighted by atomic mass is 10.1. The summed E-state index contributed by atoms with van der Waals surface area (Å²) in [5.74, 6) is 0.461. The summed E-state index contributed by atoms with van der Waals surface area (Å²) < 4.78 is 3.13. The van der Waals surface area contributed by atoms with Gasteiger partial charge in [0.05, 0.1) is 8.95 Å². The van der Waals surface area contributed by atoms with E-state index in [4.69, 9.17) is 0 Å². The van der Waals surface area contributed by atoms with Crippen LogP contribution in [0.3, 0.4) is 0 Å². The molecule has 0 heterocycles. The molecule has 0 aliphatic rings. The van der Waals surface area contributed by atoms with Gasteiger partial charge in [0.15, 0.2) is 0 Å². The Balaban J connectivity index is 1.96. The highest BCUT2D eigenvalue weighted by Crippen LogP contribution is 2.33. The Morgan fingerprint density at radius 1 is 0.667 bits per heavy atom. The molecule has 0 aromatic heterocycles. The zero-order valence-electron chi connectivity index (χ0n) is 12.4. The number of benzene rings is 2. The molecule has 0 unspecified atom stereocenters. The van der Waals surface area contributed by atoms with Crippen LogP contribution in [-0.2, 0) is 0 Å². The molecule has 0 bridgehead atoms. The van der Waals surface area contributed by atoms with E-state index in [1.807, 2.05) is 36.4 Å². The topological polar surface area (TPSA) is 40.5 Å². The van der Waals surface area contributed by atoms with E-state index in [2.05, 4.69) is 63.7 Å². The van der Waals surface area contributed by atoms with Gasteiger partial charge >= 0.3 is 0 Å². The monoisotopic (exact) mass is 578 g/mol. The highest BCUT2D eigenvalue weighted by Gasteiger charge is 2.05. The number of rotatable bonds is 5. The predicted octanol–water partition coefficient (Wildman–Crippen LogP) is 7.65. The summed E-state index contributed by atoms with van der Waals surface area (Å²) in [4.78, 5) is 0. The molecule has 0 aliphatic carbocycles. The minimum atomic E-state index is 0.230. The Bertz CT molecular complexity index is 731. The van der Waals surface area contributed by atoms with Crippen molar-refractivity contribution in [2.75, 3.05) is 0 Å². The van der Waals surface area contributed by atoms with Gasteiger partial charge in [0.1, 0.15) is 11.5 Å². The highest BCUT2D eigenvalue weighted by molar-refractivity contribution is 9.11. The summed E-state index contributed by atoms with van der Waals surface area (Å²) in [6.07, 6.45) is 9.47. The molecule has 0 aliphatic heterocycles. The first-order chi connectivity index (χ1) is 11.4. The van der Waals surface area contributed by atoms with Crippen LogP contribution < -0.4 is 0 Å². The highest BCUT2D eigenvalue weighted by atomic mass is 79.9. The number of halogens is 4. The SMILES string of the molecule is Oc1c(Br)cc(Br)cc1/C=C/CC/C=C/c1cc(Br)cc(Br)c1O. The standard InChI is InChI=1S/C18H14Br4O2/c19-13-7-11(17(23)15(21)9-13)5-3-1-2-4-6-12-8-14(20)10-16(22)18(12)24/h3-10,23-24H,1-2H2/b5-3+,6-4+. The smallest absolute Gasteiger partial charge is 0.137 e. The van der Waals surface area contributed by atoms with Crippen LogP contribution >= 0.6 is 63.7 Å². The van der Waals surface area contributed by atoms with Gasteiger partial charge in [-0.25, -0.2) is 0 Å². The Morgan fingerprint density at radius 2 is 1.04 bits per heavy atom. The molecule has 2 aromatic rings. The van der Waals surface area contributed by atoms with Crippen LogP contribution in [0.25, 0.3) is 12.2 Å². The van der Waals surface area contributed by atoms with Crippen LogP contribution in [0.1, 0.15) is 24.0 Å². The number of aromatic hydroxyl groups is 2. The molecule has 0 saturated carbocycles. The number of hydrogen-bond acceptors (Lipinski definition) is 2. The average Bonchev–Trinajstić information content (AvgIpc) is 2.51. The minimum absolute atomic E-state index is 0.230. The van der Waals surface area contributed by atoms with Gasteiger partial charge in [-0.1, -0.05) is 56.2 Å². The first-order valence-corrected chi connectivity index (χ1v) is 10.2. The van der Waals surface area contributed by atoms with Crippen LogP contribution in [0.15, 0.2) is 54.3 Å². The second-order valence-electron chi connectivity index (χ2n) is 5.03. The summed E-state index contributed by atoms with van der Waals surface area (Å²) in [6, 6.07) is 7.34. The molecule has 0 atom stereocenters. The van der Waals surface area contributed by atoms with Crippen molar-refractivity contribution in [3.63, 3.8) is 0 Å². The van der Waals surface area contributed by atoms with Crippen LogP contribution in [0, 0.1) is 0 Å². The van der Waals surface area contributed by atoms with Crippen molar-refractivity contribution in [3.8, 4) is 11.5 Å². The van der Waals surface area contributed by atoms with Crippen LogP contribution in [0.5, 0.6) is 11.5 Å². The summed E-state index contributed by atoms with van der Waals surface area (Å²) in [5, 5.41) is 20.0. The minimum Gasteiger partial charge on any atom is -0.506 e. The maximum Gasteiger partial charge on any atom is 0.137 e. The fraction of sp³-hybridized carbons (Fsp3) is 0.111. The molecule has 2 rings (SSSR count). The van der Waals surface area contributed by atoms with Crippen molar-refractivity contribution in [2.24, 2.45) is 0 Å². The lowest BCUT2D eigenvalue weighted by Crippen LogP contribution is -1.79. The first-order valence-electron chi connectivity index (χ1n) is 7.07. The fourth-order valence-electron chi connectivity index (χ4n) is 2.04. The maximum absolute atomic E-state index is 9.99. The van der Waals surface area contributed by atoms with Gasteiger partial charge in [-0.3, -0.25) is 0 Å². The second-order valence-corrected chi connectivity index (χ2v) is 8.57. The second kappa shape index (κ2) is 9.22. The quantitative estimate of drug-likeness (QED) is 0.356. The zero-order chi connectivity index (χ0) is 17.7. The summed E-state index contributed by atoms with van der Waals surface area (Å²) in [7, 11) is 0. The van der Waals surface area contributed by atoms with Gasteiger partial charge in [-0.15, -0.1) is 0 Å². The van der Waals surface area contributed by atoms with Crippen molar-refractivity contribution >= 4 is 75.9 Å². The molecule has 6 heteroatoms. The van der Waals surface area contributed by atoms with E-state index in [1.54, 1.807) is 12.1 Å². The van der Waals surface area contributed by atoms with Crippen molar-refractivity contribution in [2.45, 2.75) is 12.8 Å². The van der Waals surface area contributed by atoms with Crippen molar-refractivity contribution in [3.05, 3.63) is 65.4 Å². The molecule has 24 heavy (non-hydrogen) atoms. The van der Waals surface area contributed by atoms with E-state index in [0.29, 0.717) is 8.95 Å². The van der Waals surface area contributed by atoms with E-state index >= 15 is 0 Å². The Labute approximate surface area is 174 Å². The lowest BCUT2D eigenvalue weighted by Gasteiger charge is -2.03. The van der Waals surface area contributed by atoms with E-state index in [-0.39, 0.29) is 11.5 Å². The van der Waals surface area contributed by atoms with Crippen molar-refractivity contribution in [1.29, 1.82) is 0 Å². The Kier molecular flexibility index (Phi) is 7.60. The van der Waals surface area contributed by atoms with E-state index in [0.717, 1.165) is 32.9 Å². The third-order valence-electron chi connectivity index (χ3n) is 3.21. The van der Waals surface area contributed by atoms with Crippen molar-refractivity contribution in [1.82, 2.24) is 0 Å². The van der Waals surface area contributed by atoms with Gasteiger partial charge in [-0.2, -0.15) is 0 Å². The average molecular weight is 582 g/mol. The number of unbranched alkanes of at least 4 members (excludes halogenated alkanes) is 1. The molecular formula is C18H14Br4O2. The largest absolute Gasteiger partial charge is 0.506 e. The Hall–Kier alpha value is -0.560. The molecule has 0 fully saturated rings. The molecule has 2 N–H and O–H groups in total. The number of hydrogen-bond donors (Lipinski definition) is 2. The van der Waals surface area contributed by atoms with Gasteiger partial charge in [-0.05, 0) is 69.0 Å². The van der Waals surface area contributed by atoms with Crippen LogP contribution in [-0.4, -0.2) is 10.2 Å². The number of phenols is 2. The van der Waals surface area contributed by atoms with Gasteiger partial charge in [0.25, 0.3) is 0 Å². The first kappa shape index (κ1) is 19.8. The van der Waals surface area contributed by atoms with Crippen molar-refractivity contribution < 1.29 is 10.2 Å². The molecule has 0 amide bonds. The van der Waals surface area contributed by atoms with E-state index in [1.165, 1.54) is 0 Å². The van der Waals surface area contributed by atoms with Crippen LogP contribution in [0.4, 0.5) is 0 Å². The van der Waals surface area contributed by atoms with E-state index in [9.17, 15) is 10.2 Å². The van der Waals surface area contributed by atoms with E-state index < -0.39 is 0 Å². The fourth-order valence-corrected chi connectivity index (χ4v) is 4.56. The molecule has 126 valence electrons. The summed E-state index contributed by atoms with van der Waals surface area (Å²) in [6.45, 7) is 0. The Morgan fingerprint density at radius 3 is 1.42 bits per heavy atom. The van der Waals surface area contributed by atoms with Gasteiger partial charge in [0.2, 0.25) is 0 Å². The number of allylic oxidation sites excluding steroid dienone is 2. The summed E-state index contributed by atoms with van der Waals surface area (Å²) in [5.41, 5.74) is 1.52. The third kappa shape index (κ3) is 5.48. The third-order valence-corrected chi connectivity index (χ3v) is 5.33. The normalized spacial score (nSPS) is 11.7. The zero-order valence-corrected chi connectivity index (χ0v) is 18.8. The maximum atomic E-state index is 9.99. The van der Waals surface area contributed by atoms with Gasteiger partial charge in [0, 0.05) is 20.1 Å². The predicted molar refractivity (Wildman–Crippen MR) is 114 cm³/mol. The molecule has 0 radical (unpaired) electrons. The van der Waals surface area contributed by atoms with Gasteiger partial charge < -0.3 is 10.2 Å². The molecule has 0 spiro atoms. The molecule has 2 nitrogen and oxygen atoms in total. The molecule has 0 saturated heterocycles. The number of phenolic OH excluding ortho intramolecular Hbond substituents is 2. The molecule has 2 aromatic carbocycles. The molecular weight excluding hydrogens is 568 g/mol. The lowest BCUT2D eigenvalue weighted by molar-refractivity contribution is 0.470. The summed E-state index contributed by atoms with van der Waals surface area (Å²) >= 11 is 13.5. The van der Waals surface area contributed by atoms with Crippen LogP contribution in [0.2, 0.25) is 0 Å².